The molecule has 2 heterocycles. The van der Waals surface area contributed by atoms with Crippen LogP contribution in [0, 0.1) is 0 Å². The molecule has 0 saturated heterocycles. The van der Waals surface area contributed by atoms with Gasteiger partial charge in [-0.15, -0.1) is 5.06 Å². The maximum Gasteiger partial charge on any atom is 0.426 e. The van der Waals surface area contributed by atoms with Crippen molar-refractivity contribution in [2.24, 2.45) is 0 Å². The Bertz CT molecular complexity index is 1120. The average Bonchev–Trinajstić information content (AvgIpc) is 2.83. The Morgan fingerprint density at radius 3 is 2.61 bits per heavy atom. The number of fused-ring (bicyclic) bond motifs is 1. The molecule has 12 heteroatoms. The first kappa shape index (κ1) is 29.2. The average molecular weight is 537 g/mol. The van der Waals surface area contributed by atoms with Crippen molar-refractivity contribution in [1.82, 2.24) is 25.6 Å². The number of halogens is 3. The van der Waals surface area contributed by atoms with E-state index in [9.17, 15) is 22.8 Å². The number of aromatic nitrogens is 1. The molecule has 3 rings (SSSR count). The molecule has 1 aromatic heterocycles. The molecule has 0 radical (unpaired) electrons. The summed E-state index contributed by atoms with van der Waals surface area (Å²) >= 11 is 0. The number of hydroxylamine groups is 2. The van der Waals surface area contributed by atoms with E-state index in [4.69, 9.17) is 4.84 Å². The number of hydrogen-bond acceptors (Lipinski definition) is 7. The summed E-state index contributed by atoms with van der Waals surface area (Å²) in [6.45, 7) is 6.76. The molecule has 9 nitrogen and oxygen atoms in total. The zero-order chi connectivity index (χ0) is 27.9. The first-order valence-electron chi connectivity index (χ1n) is 12.4. The number of carbonyl (C=O) groups excluding carboxylic acids is 2. The highest BCUT2D eigenvalue weighted by atomic mass is 19.4. The molecule has 0 atom stereocenters. The minimum Gasteiger partial charge on any atom is -0.376 e. The summed E-state index contributed by atoms with van der Waals surface area (Å²) in [5.74, 6) is -0.351. The highest BCUT2D eigenvalue weighted by molar-refractivity contribution is 5.81. The van der Waals surface area contributed by atoms with E-state index < -0.39 is 23.4 Å². The third kappa shape index (κ3) is 8.32. The van der Waals surface area contributed by atoms with Crippen molar-refractivity contribution in [2.45, 2.75) is 52.0 Å². The lowest BCUT2D eigenvalue weighted by molar-refractivity contribution is -0.140. The molecule has 0 unspecified atom stereocenters. The second-order valence-corrected chi connectivity index (χ2v) is 10.1. The van der Waals surface area contributed by atoms with Crippen molar-refractivity contribution in [3.63, 3.8) is 0 Å². The van der Waals surface area contributed by atoms with Gasteiger partial charge in [-0.3, -0.25) is 9.78 Å². The number of amides is 2. The Hall–Kier alpha value is -3.38. The molecule has 1 aliphatic heterocycles. The SMILES string of the molecule is CNCCN(Cc1ncccc1C(F)(F)F)C(=O)CNc1cccc2c1CCN(OC(=O)NC(C)(C)C)C2. The van der Waals surface area contributed by atoms with Crippen LogP contribution in [0.5, 0.6) is 0 Å². The summed E-state index contributed by atoms with van der Waals surface area (Å²) < 4.78 is 40.3. The molecule has 2 aromatic rings. The summed E-state index contributed by atoms with van der Waals surface area (Å²) in [4.78, 5) is 35.9. The van der Waals surface area contributed by atoms with Gasteiger partial charge >= 0.3 is 12.3 Å². The van der Waals surface area contributed by atoms with Gasteiger partial charge in [0.15, 0.2) is 0 Å². The van der Waals surface area contributed by atoms with E-state index in [1.54, 1.807) is 12.1 Å². The Balaban J connectivity index is 1.66. The fourth-order valence-electron chi connectivity index (χ4n) is 4.10. The fraction of sp³-hybridized carbons (Fsp3) is 0.500. The van der Waals surface area contributed by atoms with Crippen LogP contribution in [0.2, 0.25) is 0 Å². The van der Waals surface area contributed by atoms with Gasteiger partial charge in [0.05, 0.1) is 30.9 Å². The quantitative estimate of drug-likeness (QED) is 0.451. The molecule has 208 valence electrons. The molecule has 0 bridgehead atoms. The number of carbonyl (C=O) groups is 2. The van der Waals surface area contributed by atoms with Crippen molar-refractivity contribution >= 4 is 17.7 Å². The number of nitrogens with zero attached hydrogens (tertiary/aromatic N) is 3. The highest BCUT2D eigenvalue weighted by Crippen LogP contribution is 2.31. The second kappa shape index (κ2) is 12.4. The molecule has 38 heavy (non-hydrogen) atoms. The van der Waals surface area contributed by atoms with Crippen LogP contribution in [-0.4, -0.2) is 65.7 Å². The van der Waals surface area contributed by atoms with Crippen LogP contribution in [0.3, 0.4) is 0 Å². The van der Waals surface area contributed by atoms with Gasteiger partial charge in [-0.2, -0.15) is 13.2 Å². The molecule has 2 amide bonds. The van der Waals surface area contributed by atoms with E-state index >= 15 is 0 Å². The van der Waals surface area contributed by atoms with E-state index in [2.05, 4.69) is 20.9 Å². The van der Waals surface area contributed by atoms with Crippen LogP contribution in [-0.2, 0) is 35.3 Å². The van der Waals surface area contributed by atoms with Gasteiger partial charge in [0.2, 0.25) is 5.91 Å². The topological polar surface area (TPSA) is 98.8 Å². The van der Waals surface area contributed by atoms with Gasteiger partial charge in [0.25, 0.3) is 0 Å². The molecule has 0 fully saturated rings. The van der Waals surface area contributed by atoms with Crippen molar-refractivity contribution in [3.8, 4) is 0 Å². The number of alkyl halides is 3. The maximum absolute atomic E-state index is 13.4. The van der Waals surface area contributed by atoms with E-state index in [1.165, 1.54) is 17.2 Å². The standard InChI is InChI=1S/C26H35F3N6O3/c1-25(2,3)33-24(37)38-35-13-10-19-18(16-35)7-5-9-21(19)32-15-23(36)34(14-12-30-4)17-22-20(26(27,28)29)8-6-11-31-22/h5-9,11,30,32H,10,12-17H2,1-4H3,(H,33,37). The highest BCUT2D eigenvalue weighted by Gasteiger charge is 2.34. The molecular weight excluding hydrogens is 501 g/mol. The Kier molecular flexibility index (Phi) is 9.55. The van der Waals surface area contributed by atoms with Crippen molar-refractivity contribution in [1.29, 1.82) is 0 Å². The molecular formula is C26H35F3N6O3. The molecule has 1 aromatic carbocycles. The lowest BCUT2D eigenvalue weighted by Gasteiger charge is -2.30. The number of benzene rings is 1. The lowest BCUT2D eigenvalue weighted by Crippen LogP contribution is -2.44. The number of rotatable bonds is 9. The van der Waals surface area contributed by atoms with Crippen LogP contribution in [0.15, 0.2) is 36.5 Å². The van der Waals surface area contributed by atoms with Gasteiger partial charge in [-0.05, 0) is 63.6 Å². The lowest BCUT2D eigenvalue weighted by atomic mass is 9.99. The van der Waals surface area contributed by atoms with E-state index in [1.807, 2.05) is 39.0 Å². The van der Waals surface area contributed by atoms with E-state index in [0.29, 0.717) is 26.1 Å². The Morgan fingerprint density at radius 2 is 1.92 bits per heavy atom. The van der Waals surface area contributed by atoms with Crippen LogP contribution in [0.25, 0.3) is 0 Å². The van der Waals surface area contributed by atoms with Crippen molar-refractivity contribution in [3.05, 3.63) is 58.9 Å². The zero-order valence-electron chi connectivity index (χ0n) is 22.1. The third-order valence-electron chi connectivity index (χ3n) is 5.87. The van der Waals surface area contributed by atoms with E-state index in [0.717, 1.165) is 22.9 Å². The first-order valence-corrected chi connectivity index (χ1v) is 12.4. The zero-order valence-corrected chi connectivity index (χ0v) is 22.1. The van der Waals surface area contributed by atoms with Crippen LogP contribution in [0.1, 0.15) is 43.2 Å². The number of pyridine rings is 1. The summed E-state index contributed by atoms with van der Waals surface area (Å²) in [6.07, 6.45) is -3.21. The van der Waals surface area contributed by atoms with Gasteiger partial charge in [0.1, 0.15) is 0 Å². The monoisotopic (exact) mass is 536 g/mol. The minimum absolute atomic E-state index is 0.0947. The predicted molar refractivity (Wildman–Crippen MR) is 137 cm³/mol. The largest absolute Gasteiger partial charge is 0.426 e. The smallest absolute Gasteiger partial charge is 0.376 e. The minimum atomic E-state index is -4.56. The number of likely N-dealkylation sites (N-methyl/N-ethyl adjacent to an activating group) is 1. The molecule has 3 N–H and O–H groups in total. The summed E-state index contributed by atoms with van der Waals surface area (Å²) in [6, 6.07) is 7.82. The first-order chi connectivity index (χ1) is 17.9. The van der Waals surface area contributed by atoms with Crippen LogP contribution in [0.4, 0.5) is 23.7 Å². The predicted octanol–water partition coefficient (Wildman–Crippen LogP) is 3.56. The number of hydrogen-bond donors (Lipinski definition) is 3. The molecule has 0 aliphatic carbocycles. The fourth-order valence-corrected chi connectivity index (χ4v) is 4.10. The van der Waals surface area contributed by atoms with Crippen LogP contribution >= 0.6 is 0 Å². The summed E-state index contributed by atoms with van der Waals surface area (Å²) in [7, 11) is 1.71. The summed E-state index contributed by atoms with van der Waals surface area (Å²) in [5, 5.41) is 10.4. The van der Waals surface area contributed by atoms with Gasteiger partial charge in [-0.1, -0.05) is 12.1 Å². The Labute approximate surface area is 220 Å². The normalized spacial score (nSPS) is 14.0. The second-order valence-electron chi connectivity index (χ2n) is 10.1. The molecule has 1 aliphatic rings. The number of nitrogens with one attached hydrogen (secondary N) is 3. The van der Waals surface area contributed by atoms with Crippen LogP contribution < -0.4 is 16.0 Å². The van der Waals surface area contributed by atoms with E-state index in [-0.39, 0.29) is 31.2 Å². The van der Waals surface area contributed by atoms with Gasteiger partial charge in [-0.25, -0.2) is 4.79 Å². The van der Waals surface area contributed by atoms with Gasteiger partial charge in [0, 0.05) is 37.1 Å². The van der Waals surface area contributed by atoms with Crippen molar-refractivity contribution < 1.29 is 27.6 Å². The maximum atomic E-state index is 13.4. The third-order valence-corrected chi connectivity index (χ3v) is 5.87. The molecule has 0 spiro atoms. The van der Waals surface area contributed by atoms with Gasteiger partial charge < -0.3 is 25.7 Å². The van der Waals surface area contributed by atoms with Crippen molar-refractivity contribution in [2.75, 3.05) is 38.5 Å². The Morgan fingerprint density at radius 1 is 1.16 bits per heavy atom. The number of anilines is 1. The molecule has 0 saturated carbocycles. The summed E-state index contributed by atoms with van der Waals surface area (Å²) in [5.41, 5.74) is 1.25.